The van der Waals surface area contributed by atoms with Crippen LogP contribution in [0.1, 0.15) is 26.3 Å². The van der Waals surface area contributed by atoms with Crippen LogP contribution in [0.25, 0.3) is 6.08 Å². The number of ether oxygens (including phenoxy) is 2. The monoisotopic (exact) mass is 378 g/mol. The summed E-state index contributed by atoms with van der Waals surface area (Å²) in [7, 11) is 0. The Hall–Kier alpha value is -2.60. The summed E-state index contributed by atoms with van der Waals surface area (Å²) in [5.74, 6) is 0.655. The van der Waals surface area contributed by atoms with Crippen LogP contribution in [0.5, 0.6) is 17.4 Å². The molecule has 0 saturated carbocycles. The Kier molecular flexibility index (Phi) is 6.97. The SMILES string of the molecule is CCOc1ccc(Oc2ccc(/C=C(\F)[C@H](C)NC(C)=O)cn2)c(Cl)c1. The molecule has 26 heavy (non-hydrogen) atoms. The van der Waals surface area contributed by atoms with Crippen molar-refractivity contribution >= 4 is 23.6 Å². The molecule has 0 aliphatic heterocycles. The number of carbonyl (C=O) groups is 1. The maximum absolute atomic E-state index is 14.0. The first-order valence-electron chi connectivity index (χ1n) is 8.09. The highest BCUT2D eigenvalue weighted by Gasteiger charge is 2.10. The minimum atomic E-state index is -0.703. The van der Waals surface area contributed by atoms with Crippen LogP contribution >= 0.6 is 11.6 Å². The standard InChI is InChI=1S/C19H20ClFN2O3/c1-4-25-15-6-7-18(16(20)10-15)26-19-8-5-14(11-22-19)9-17(21)12(2)23-13(3)24/h5-12H,4H2,1-3H3,(H,23,24)/b17-9-/t12-/m0/s1. The van der Waals surface area contributed by atoms with Gasteiger partial charge in [0.1, 0.15) is 17.3 Å². The molecular formula is C19H20ClFN2O3. The summed E-state index contributed by atoms with van der Waals surface area (Å²) in [5.41, 5.74) is 0.546. The Balaban J connectivity index is 2.06. The summed E-state index contributed by atoms with van der Waals surface area (Å²) >= 11 is 6.17. The Morgan fingerprint density at radius 1 is 1.38 bits per heavy atom. The molecule has 0 spiro atoms. The molecule has 0 unspecified atom stereocenters. The van der Waals surface area contributed by atoms with Crippen molar-refractivity contribution < 1.29 is 18.7 Å². The maximum atomic E-state index is 14.0. The van der Waals surface area contributed by atoms with Gasteiger partial charge in [-0.05, 0) is 43.7 Å². The molecule has 1 amide bonds. The van der Waals surface area contributed by atoms with Crippen molar-refractivity contribution in [3.05, 3.63) is 52.9 Å². The molecule has 7 heteroatoms. The minimum absolute atomic E-state index is 0.296. The van der Waals surface area contributed by atoms with Gasteiger partial charge in [-0.15, -0.1) is 0 Å². The topological polar surface area (TPSA) is 60.5 Å². The van der Waals surface area contributed by atoms with Crippen molar-refractivity contribution in [2.24, 2.45) is 0 Å². The van der Waals surface area contributed by atoms with Crippen LogP contribution in [0.3, 0.4) is 0 Å². The third kappa shape index (κ3) is 5.74. The zero-order chi connectivity index (χ0) is 19.1. The molecule has 138 valence electrons. The molecule has 0 fully saturated rings. The number of nitrogens with one attached hydrogen (secondary N) is 1. The highest BCUT2D eigenvalue weighted by molar-refractivity contribution is 6.32. The van der Waals surface area contributed by atoms with E-state index in [9.17, 15) is 9.18 Å². The van der Waals surface area contributed by atoms with Gasteiger partial charge in [-0.1, -0.05) is 11.6 Å². The molecule has 1 heterocycles. The molecule has 5 nitrogen and oxygen atoms in total. The second-order valence-corrected chi connectivity index (χ2v) is 5.92. The van der Waals surface area contributed by atoms with Gasteiger partial charge in [-0.3, -0.25) is 4.79 Å². The molecule has 0 aliphatic rings. The predicted octanol–water partition coefficient (Wildman–Crippen LogP) is 4.76. The van der Waals surface area contributed by atoms with Gasteiger partial charge in [0.2, 0.25) is 11.8 Å². The molecule has 0 bridgehead atoms. The van der Waals surface area contributed by atoms with Crippen molar-refractivity contribution in [2.75, 3.05) is 6.61 Å². The number of carbonyl (C=O) groups excluding carboxylic acids is 1. The molecule has 0 saturated heterocycles. The maximum Gasteiger partial charge on any atom is 0.219 e. The third-order valence-corrected chi connectivity index (χ3v) is 3.62. The van der Waals surface area contributed by atoms with Crippen LogP contribution in [0.4, 0.5) is 4.39 Å². The molecule has 1 aromatic carbocycles. The van der Waals surface area contributed by atoms with Gasteiger partial charge in [0.25, 0.3) is 0 Å². The lowest BCUT2D eigenvalue weighted by Gasteiger charge is -2.10. The van der Waals surface area contributed by atoms with E-state index in [2.05, 4.69) is 10.3 Å². The van der Waals surface area contributed by atoms with Crippen LogP contribution in [0.2, 0.25) is 5.02 Å². The Morgan fingerprint density at radius 3 is 2.73 bits per heavy atom. The Labute approximate surface area is 156 Å². The first-order valence-corrected chi connectivity index (χ1v) is 8.47. The van der Waals surface area contributed by atoms with Crippen LogP contribution in [-0.2, 0) is 4.79 Å². The van der Waals surface area contributed by atoms with Crippen LogP contribution in [-0.4, -0.2) is 23.5 Å². The quantitative estimate of drug-likeness (QED) is 0.754. The Morgan fingerprint density at radius 2 is 2.15 bits per heavy atom. The van der Waals surface area contributed by atoms with E-state index < -0.39 is 11.9 Å². The first-order chi connectivity index (χ1) is 12.4. The van der Waals surface area contributed by atoms with Crippen molar-refractivity contribution in [2.45, 2.75) is 26.8 Å². The fourth-order valence-corrected chi connectivity index (χ4v) is 2.34. The number of rotatable bonds is 7. The van der Waals surface area contributed by atoms with Crippen molar-refractivity contribution in [3.8, 4) is 17.4 Å². The lowest BCUT2D eigenvalue weighted by Crippen LogP contribution is -2.30. The number of amides is 1. The van der Waals surface area contributed by atoms with Gasteiger partial charge < -0.3 is 14.8 Å². The van der Waals surface area contributed by atoms with E-state index in [0.717, 1.165) is 0 Å². The lowest BCUT2D eigenvalue weighted by molar-refractivity contribution is -0.119. The minimum Gasteiger partial charge on any atom is -0.494 e. The molecular weight excluding hydrogens is 359 g/mol. The zero-order valence-corrected chi connectivity index (χ0v) is 15.5. The highest BCUT2D eigenvalue weighted by atomic mass is 35.5. The van der Waals surface area contributed by atoms with Crippen LogP contribution < -0.4 is 14.8 Å². The molecule has 2 rings (SSSR count). The number of hydrogen-bond acceptors (Lipinski definition) is 4. The summed E-state index contributed by atoms with van der Waals surface area (Å²) in [6.45, 7) is 5.33. The average Bonchev–Trinajstić information content (AvgIpc) is 2.58. The molecule has 1 N–H and O–H groups in total. The number of hydrogen-bond donors (Lipinski definition) is 1. The fraction of sp³-hybridized carbons (Fsp3) is 0.263. The largest absolute Gasteiger partial charge is 0.494 e. The lowest BCUT2D eigenvalue weighted by atomic mass is 10.2. The summed E-state index contributed by atoms with van der Waals surface area (Å²) in [4.78, 5) is 15.1. The van der Waals surface area contributed by atoms with Gasteiger partial charge in [-0.25, -0.2) is 9.37 Å². The van der Waals surface area contributed by atoms with E-state index in [1.54, 1.807) is 37.3 Å². The molecule has 0 radical (unpaired) electrons. The molecule has 1 atom stereocenters. The number of aromatic nitrogens is 1. The van der Waals surface area contributed by atoms with E-state index in [1.165, 1.54) is 19.2 Å². The number of pyridine rings is 1. The van der Waals surface area contributed by atoms with Crippen molar-refractivity contribution in [1.82, 2.24) is 10.3 Å². The number of nitrogens with zero attached hydrogens (tertiary/aromatic N) is 1. The van der Waals surface area contributed by atoms with Gasteiger partial charge in [0.05, 0.1) is 17.7 Å². The van der Waals surface area contributed by atoms with E-state index in [1.807, 2.05) is 6.92 Å². The normalized spacial score (nSPS) is 12.4. The van der Waals surface area contributed by atoms with E-state index in [4.69, 9.17) is 21.1 Å². The third-order valence-electron chi connectivity index (χ3n) is 3.33. The smallest absolute Gasteiger partial charge is 0.219 e. The fourth-order valence-electron chi connectivity index (χ4n) is 2.13. The van der Waals surface area contributed by atoms with E-state index in [0.29, 0.717) is 34.6 Å². The second kappa shape index (κ2) is 9.20. The Bertz CT molecular complexity index is 794. The summed E-state index contributed by atoms with van der Waals surface area (Å²) < 4.78 is 25.0. The first kappa shape index (κ1) is 19.7. The van der Waals surface area contributed by atoms with Crippen LogP contribution in [0.15, 0.2) is 42.4 Å². The van der Waals surface area contributed by atoms with Crippen molar-refractivity contribution in [3.63, 3.8) is 0 Å². The highest BCUT2D eigenvalue weighted by Crippen LogP contribution is 2.31. The zero-order valence-electron chi connectivity index (χ0n) is 14.8. The average molecular weight is 379 g/mol. The summed E-state index contributed by atoms with van der Waals surface area (Å²) in [5, 5.41) is 2.87. The van der Waals surface area contributed by atoms with Crippen molar-refractivity contribution in [1.29, 1.82) is 0 Å². The molecule has 1 aromatic heterocycles. The molecule has 2 aromatic rings. The summed E-state index contributed by atoms with van der Waals surface area (Å²) in [6, 6.07) is 7.67. The van der Waals surface area contributed by atoms with Gasteiger partial charge >= 0.3 is 0 Å². The van der Waals surface area contributed by atoms with Gasteiger partial charge in [0.15, 0.2) is 0 Å². The number of halogens is 2. The van der Waals surface area contributed by atoms with E-state index >= 15 is 0 Å². The van der Waals surface area contributed by atoms with Crippen LogP contribution in [0, 0.1) is 0 Å². The summed E-state index contributed by atoms with van der Waals surface area (Å²) in [6.07, 6.45) is 2.78. The second-order valence-electron chi connectivity index (χ2n) is 5.51. The predicted molar refractivity (Wildman–Crippen MR) is 99.3 cm³/mol. The van der Waals surface area contributed by atoms with E-state index in [-0.39, 0.29) is 5.91 Å². The van der Waals surface area contributed by atoms with Gasteiger partial charge in [0, 0.05) is 25.3 Å². The number of benzene rings is 1. The molecule has 0 aliphatic carbocycles. The van der Waals surface area contributed by atoms with Gasteiger partial charge in [-0.2, -0.15) is 0 Å².